The molecule has 0 saturated heterocycles. The van der Waals surface area contributed by atoms with Crippen LogP contribution in [0.5, 0.6) is 11.5 Å². The smallest absolute Gasteiger partial charge is 0.179 e. The molecule has 1 aromatic rings. The molecule has 1 heterocycles. The lowest BCUT2D eigenvalue weighted by atomic mass is 9.46. The molecule has 0 N–H and O–H groups in total. The molecule has 0 radical (unpaired) electrons. The minimum absolute atomic E-state index is 0.0698. The van der Waals surface area contributed by atoms with Crippen molar-refractivity contribution >= 4 is 9.84 Å². The summed E-state index contributed by atoms with van der Waals surface area (Å²) in [7, 11) is -0.171. The Bertz CT molecular complexity index is 857. The zero-order chi connectivity index (χ0) is 19.6. The molecule has 2 saturated carbocycles. The highest BCUT2D eigenvalue weighted by Gasteiger charge is 2.58. The Morgan fingerprint density at radius 3 is 2.44 bits per heavy atom. The average molecular weight is 393 g/mol. The summed E-state index contributed by atoms with van der Waals surface area (Å²) in [4.78, 5) is 0.428. The van der Waals surface area contributed by atoms with E-state index in [1.807, 2.05) is 6.07 Å². The lowest BCUT2D eigenvalue weighted by Gasteiger charge is -2.60. The van der Waals surface area contributed by atoms with Gasteiger partial charge in [-0.2, -0.15) is 0 Å². The number of rotatable bonds is 2. The minimum Gasteiger partial charge on any atom is -0.497 e. The van der Waals surface area contributed by atoms with Gasteiger partial charge in [0.25, 0.3) is 0 Å². The molecule has 4 atom stereocenters. The van der Waals surface area contributed by atoms with E-state index in [1.165, 1.54) is 19.3 Å². The lowest BCUT2D eigenvalue weighted by Crippen LogP contribution is -2.54. The Balaban J connectivity index is 1.89. The van der Waals surface area contributed by atoms with Crippen molar-refractivity contribution in [2.24, 2.45) is 22.7 Å². The maximum atomic E-state index is 13.3. The molecule has 2 fully saturated rings. The van der Waals surface area contributed by atoms with Gasteiger partial charge in [0, 0.05) is 11.6 Å². The number of sulfone groups is 1. The first-order chi connectivity index (χ1) is 12.6. The minimum atomic E-state index is -3.36. The molecule has 0 aromatic heterocycles. The van der Waals surface area contributed by atoms with E-state index in [2.05, 4.69) is 20.8 Å². The molecule has 150 valence electrons. The summed E-state index contributed by atoms with van der Waals surface area (Å²) in [5.41, 5.74) is 1.25. The Morgan fingerprint density at radius 2 is 1.78 bits per heavy atom. The summed E-state index contributed by atoms with van der Waals surface area (Å²) in [6.07, 6.45) is 5.77. The zero-order valence-corrected chi connectivity index (χ0v) is 18.0. The Morgan fingerprint density at radius 1 is 1.04 bits per heavy atom. The van der Waals surface area contributed by atoms with Crippen molar-refractivity contribution in [1.29, 1.82) is 0 Å². The second kappa shape index (κ2) is 6.13. The molecular weight excluding hydrogens is 360 g/mol. The van der Waals surface area contributed by atoms with Crippen LogP contribution in [-0.2, 0) is 9.84 Å². The van der Waals surface area contributed by atoms with Gasteiger partial charge >= 0.3 is 0 Å². The highest BCUT2D eigenvalue weighted by atomic mass is 32.2. The van der Waals surface area contributed by atoms with Crippen LogP contribution in [0.25, 0.3) is 0 Å². The van der Waals surface area contributed by atoms with Crippen molar-refractivity contribution in [3.05, 3.63) is 17.7 Å². The zero-order valence-electron chi connectivity index (χ0n) is 17.2. The quantitative estimate of drug-likeness (QED) is 0.724. The summed E-state index contributed by atoms with van der Waals surface area (Å²) in [5, 5.41) is 0. The van der Waals surface area contributed by atoms with Crippen LogP contribution >= 0.6 is 0 Å². The van der Waals surface area contributed by atoms with Gasteiger partial charge < -0.3 is 9.47 Å². The van der Waals surface area contributed by atoms with Crippen LogP contribution in [0.15, 0.2) is 17.0 Å². The fraction of sp³-hybridized carbons (Fsp3) is 0.727. The van der Waals surface area contributed by atoms with Gasteiger partial charge in [0.15, 0.2) is 9.84 Å². The maximum Gasteiger partial charge on any atom is 0.179 e. The van der Waals surface area contributed by atoms with Crippen LogP contribution in [0, 0.1) is 22.7 Å². The number of hydrogen-bond donors (Lipinski definition) is 0. The molecule has 3 aliphatic rings. The van der Waals surface area contributed by atoms with E-state index in [-0.39, 0.29) is 28.4 Å². The first-order valence-electron chi connectivity index (χ1n) is 10.1. The van der Waals surface area contributed by atoms with Crippen molar-refractivity contribution in [3.63, 3.8) is 0 Å². The van der Waals surface area contributed by atoms with E-state index in [0.29, 0.717) is 22.3 Å². The van der Waals surface area contributed by atoms with Gasteiger partial charge in [0.05, 0.1) is 24.9 Å². The summed E-state index contributed by atoms with van der Waals surface area (Å²) in [6, 6.07) is 3.54. The van der Waals surface area contributed by atoms with Gasteiger partial charge in [-0.15, -0.1) is 0 Å². The Hall–Kier alpha value is -1.23. The van der Waals surface area contributed by atoms with Crippen molar-refractivity contribution in [2.75, 3.05) is 20.0 Å². The molecule has 1 aliphatic heterocycles. The van der Waals surface area contributed by atoms with E-state index < -0.39 is 9.84 Å². The Kier molecular flexibility index (Phi) is 4.34. The van der Waals surface area contributed by atoms with Crippen molar-refractivity contribution in [1.82, 2.24) is 0 Å². The Labute approximate surface area is 163 Å². The van der Waals surface area contributed by atoms with Crippen molar-refractivity contribution < 1.29 is 17.9 Å². The van der Waals surface area contributed by atoms with Crippen molar-refractivity contribution in [3.8, 4) is 11.5 Å². The van der Waals surface area contributed by atoms with E-state index in [1.54, 1.807) is 20.3 Å². The third kappa shape index (κ3) is 2.72. The first kappa shape index (κ1) is 19.1. The number of benzene rings is 1. The van der Waals surface area contributed by atoms with Crippen LogP contribution in [-0.4, -0.2) is 28.4 Å². The summed E-state index contributed by atoms with van der Waals surface area (Å²) in [6.45, 7) is 7.13. The first-order valence-corrected chi connectivity index (χ1v) is 11.8. The predicted molar refractivity (Wildman–Crippen MR) is 106 cm³/mol. The normalized spacial score (nSPS) is 36.1. The van der Waals surface area contributed by atoms with Crippen LogP contribution < -0.4 is 9.47 Å². The van der Waals surface area contributed by atoms with Gasteiger partial charge in [-0.3, -0.25) is 0 Å². The number of fused-ring (bicyclic) bond motifs is 5. The van der Waals surface area contributed by atoms with E-state index >= 15 is 0 Å². The molecule has 2 aliphatic carbocycles. The summed E-state index contributed by atoms with van der Waals surface area (Å²) < 4.78 is 37.7. The van der Waals surface area contributed by atoms with E-state index in [9.17, 15) is 8.42 Å². The molecule has 1 aromatic carbocycles. The topological polar surface area (TPSA) is 52.6 Å². The second-order valence-corrected chi connectivity index (χ2v) is 11.7. The number of hydrogen-bond acceptors (Lipinski definition) is 4. The average Bonchev–Trinajstić information content (AvgIpc) is 2.60. The molecular formula is C22H32O4S. The summed E-state index contributed by atoms with van der Waals surface area (Å²) >= 11 is 0. The molecule has 4 rings (SSSR count). The van der Waals surface area contributed by atoms with Crippen LogP contribution in [0.2, 0.25) is 0 Å². The monoisotopic (exact) mass is 392 g/mol. The fourth-order valence-corrected chi connectivity index (χ4v) is 8.95. The van der Waals surface area contributed by atoms with E-state index in [0.717, 1.165) is 18.4 Å². The molecule has 0 amide bonds. The van der Waals surface area contributed by atoms with Gasteiger partial charge in [-0.25, -0.2) is 8.42 Å². The number of ether oxygens (including phenoxy) is 2. The van der Waals surface area contributed by atoms with Gasteiger partial charge in [0.2, 0.25) is 0 Å². The largest absolute Gasteiger partial charge is 0.497 e. The van der Waals surface area contributed by atoms with Gasteiger partial charge in [0.1, 0.15) is 11.5 Å². The molecule has 4 nitrogen and oxygen atoms in total. The molecule has 5 heteroatoms. The number of methoxy groups -OCH3 is 2. The van der Waals surface area contributed by atoms with Gasteiger partial charge in [-0.05, 0) is 60.3 Å². The molecule has 27 heavy (non-hydrogen) atoms. The molecule has 0 unspecified atom stereocenters. The summed E-state index contributed by atoms with van der Waals surface area (Å²) in [5.74, 6) is 2.46. The van der Waals surface area contributed by atoms with E-state index in [4.69, 9.17) is 9.47 Å². The second-order valence-electron chi connectivity index (χ2n) is 9.71. The fourth-order valence-electron chi connectivity index (χ4n) is 6.80. The van der Waals surface area contributed by atoms with Crippen LogP contribution in [0.1, 0.15) is 64.4 Å². The highest BCUT2D eigenvalue weighted by molar-refractivity contribution is 7.91. The van der Waals surface area contributed by atoms with Gasteiger partial charge in [-0.1, -0.05) is 27.2 Å². The third-order valence-corrected chi connectivity index (χ3v) is 9.82. The van der Waals surface area contributed by atoms with Crippen molar-refractivity contribution in [2.45, 2.75) is 63.7 Å². The molecule has 0 spiro atoms. The van der Waals surface area contributed by atoms with Crippen LogP contribution in [0.3, 0.4) is 0 Å². The predicted octanol–water partition coefficient (Wildman–Crippen LogP) is 4.82. The standard InChI is InChI=1S/C22H32O4S/c1-21(2)9-6-10-22(3)16-13-27(23,24)18-12-14(25-4)11-17(26-5)20(18)15(16)7-8-19(21)22/h11-12,15-16,19H,6-10,13H2,1-5H3/t15-,16+,19+,22-/m1/s1. The third-order valence-electron chi connectivity index (χ3n) is 8.01. The molecule has 0 bridgehead atoms. The van der Waals surface area contributed by atoms with Crippen LogP contribution in [0.4, 0.5) is 0 Å². The SMILES string of the molecule is COc1cc(OC)c2c(c1)S(=O)(=O)C[C@H]1[C@H]2CC[C@H]2C(C)(C)CCC[C@]12C. The highest BCUT2D eigenvalue weighted by Crippen LogP contribution is 2.65. The lowest BCUT2D eigenvalue weighted by molar-refractivity contribution is -0.0760. The maximum absolute atomic E-state index is 13.3.